The van der Waals surface area contributed by atoms with Gasteiger partial charge in [-0.25, -0.2) is 8.42 Å². The number of carbonyl (C=O) groups is 2. The number of hydrogen-bond acceptors (Lipinski definition) is 6. The van der Waals surface area contributed by atoms with Crippen molar-refractivity contribution in [2.24, 2.45) is 0 Å². The Balaban J connectivity index is 1.93. The predicted octanol–water partition coefficient (Wildman–Crippen LogP) is 2.49. The van der Waals surface area contributed by atoms with Crippen molar-refractivity contribution in [2.75, 3.05) is 12.4 Å². The zero-order valence-corrected chi connectivity index (χ0v) is 18.2. The molecule has 0 saturated heterocycles. The van der Waals surface area contributed by atoms with Gasteiger partial charge in [0.25, 0.3) is 5.91 Å². The molecule has 2 rings (SSSR count). The maximum absolute atomic E-state index is 12.4. The van der Waals surface area contributed by atoms with Crippen LogP contribution < -0.4 is 14.8 Å². The van der Waals surface area contributed by atoms with Crippen LogP contribution in [0, 0.1) is 0 Å². The van der Waals surface area contributed by atoms with Crippen LogP contribution in [0.5, 0.6) is 5.75 Å². The van der Waals surface area contributed by atoms with Crippen LogP contribution in [0.4, 0.5) is 5.69 Å². The van der Waals surface area contributed by atoms with Gasteiger partial charge >= 0.3 is 5.97 Å². The number of ether oxygens (including phenoxy) is 2. The summed E-state index contributed by atoms with van der Waals surface area (Å²) in [5, 5.41) is 2.66. The molecule has 9 heteroatoms. The van der Waals surface area contributed by atoms with E-state index in [1.807, 2.05) is 19.1 Å². The van der Waals surface area contributed by atoms with Gasteiger partial charge in [0.05, 0.1) is 12.0 Å². The number of aryl methyl sites for hydroxylation is 1. The number of amides is 1. The second-order valence-corrected chi connectivity index (χ2v) is 8.35. The lowest BCUT2D eigenvalue weighted by atomic mass is 10.1. The van der Waals surface area contributed by atoms with Gasteiger partial charge in [0.1, 0.15) is 11.8 Å². The van der Waals surface area contributed by atoms with E-state index < -0.39 is 34.0 Å². The smallest absolute Gasteiger partial charge is 0.324 e. The van der Waals surface area contributed by atoms with Crippen molar-refractivity contribution in [1.29, 1.82) is 0 Å². The normalized spacial score (nSPS) is 13.2. The first-order chi connectivity index (χ1) is 14.2. The number of rotatable bonds is 9. The van der Waals surface area contributed by atoms with Crippen molar-refractivity contribution in [3.05, 3.63) is 54.1 Å². The van der Waals surface area contributed by atoms with Gasteiger partial charge in [0.2, 0.25) is 10.0 Å². The molecule has 1 unspecified atom stereocenters. The molecule has 1 amide bonds. The van der Waals surface area contributed by atoms with Gasteiger partial charge in [0, 0.05) is 5.69 Å². The van der Waals surface area contributed by atoms with Crippen molar-refractivity contribution < 1.29 is 27.5 Å². The summed E-state index contributed by atoms with van der Waals surface area (Å²) in [4.78, 5) is 24.5. The van der Waals surface area contributed by atoms with Gasteiger partial charge in [-0.05, 0) is 62.2 Å². The molecule has 0 heterocycles. The number of methoxy groups -OCH3 is 1. The Labute approximate surface area is 176 Å². The fourth-order valence-corrected chi connectivity index (χ4v) is 3.69. The lowest BCUT2D eigenvalue weighted by Crippen LogP contribution is -2.42. The minimum Gasteiger partial charge on any atom is -0.497 e. The van der Waals surface area contributed by atoms with Gasteiger partial charge in [0.15, 0.2) is 6.10 Å². The second-order valence-electron chi connectivity index (χ2n) is 6.64. The Bertz CT molecular complexity index is 972. The third-order valence-electron chi connectivity index (χ3n) is 4.35. The van der Waals surface area contributed by atoms with Crippen LogP contribution in [0.1, 0.15) is 26.3 Å². The van der Waals surface area contributed by atoms with Gasteiger partial charge in [-0.3, -0.25) is 9.59 Å². The highest BCUT2D eigenvalue weighted by Gasteiger charge is 2.26. The first-order valence-corrected chi connectivity index (χ1v) is 10.9. The number of nitrogens with one attached hydrogen (secondary N) is 2. The van der Waals surface area contributed by atoms with E-state index in [-0.39, 0.29) is 4.90 Å². The summed E-state index contributed by atoms with van der Waals surface area (Å²) in [7, 11) is -2.48. The van der Waals surface area contributed by atoms with Crippen LogP contribution in [0.2, 0.25) is 0 Å². The van der Waals surface area contributed by atoms with E-state index in [4.69, 9.17) is 9.47 Å². The molecule has 8 nitrogen and oxygen atoms in total. The molecule has 30 heavy (non-hydrogen) atoms. The van der Waals surface area contributed by atoms with Gasteiger partial charge in [-0.2, -0.15) is 4.72 Å². The molecule has 0 aliphatic heterocycles. The zero-order valence-electron chi connectivity index (χ0n) is 17.3. The number of carbonyl (C=O) groups excluding carboxylic acids is 2. The van der Waals surface area contributed by atoms with E-state index in [1.54, 1.807) is 12.1 Å². The summed E-state index contributed by atoms with van der Waals surface area (Å²) in [6, 6.07) is 11.8. The minimum atomic E-state index is -3.95. The van der Waals surface area contributed by atoms with Crippen molar-refractivity contribution in [3.8, 4) is 5.75 Å². The average Bonchev–Trinajstić information content (AvgIpc) is 2.73. The topological polar surface area (TPSA) is 111 Å². The highest BCUT2D eigenvalue weighted by Crippen LogP contribution is 2.16. The molecule has 2 N–H and O–H groups in total. The number of sulfonamides is 1. The monoisotopic (exact) mass is 434 g/mol. The van der Waals surface area contributed by atoms with Crippen LogP contribution in [-0.2, 0) is 30.8 Å². The lowest BCUT2D eigenvalue weighted by Gasteiger charge is -2.18. The quantitative estimate of drug-likeness (QED) is 0.587. The molecular weight excluding hydrogens is 408 g/mol. The largest absolute Gasteiger partial charge is 0.497 e. The molecule has 2 aromatic rings. The van der Waals surface area contributed by atoms with Crippen molar-refractivity contribution >= 4 is 27.6 Å². The SMILES string of the molecule is CCc1ccc(NC(=O)C(C)OC(=O)[C@H](C)NS(=O)(=O)c2ccc(OC)cc2)cc1. The Morgan fingerprint density at radius 1 is 1.00 bits per heavy atom. The van der Waals surface area contributed by atoms with Crippen LogP contribution in [0.25, 0.3) is 0 Å². The van der Waals surface area contributed by atoms with E-state index >= 15 is 0 Å². The lowest BCUT2D eigenvalue weighted by molar-refractivity contribution is -0.154. The van der Waals surface area contributed by atoms with Crippen LogP contribution in [0.15, 0.2) is 53.4 Å². The summed E-state index contributed by atoms with van der Waals surface area (Å²) in [6.07, 6.45) is -0.219. The first-order valence-electron chi connectivity index (χ1n) is 9.43. The van der Waals surface area contributed by atoms with Crippen LogP contribution in [0.3, 0.4) is 0 Å². The third kappa shape index (κ3) is 6.30. The molecular formula is C21H26N2O6S. The molecule has 0 saturated carbocycles. The second kappa shape index (κ2) is 10.2. The molecule has 2 aromatic carbocycles. The van der Waals surface area contributed by atoms with E-state index in [0.717, 1.165) is 12.0 Å². The van der Waals surface area contributed by atoms with Crippen LogP contribution >= 0.6 is 0 Å². The van der Waals surface area contributed by atoms with Crippen LogP contribution in [-0.4, -0.2) is 39.5 Å². The maximum atomic E-state index is 12.4. The van der Waals surface area contributed by atoms with E-state index in [2.05, 4.69) is 10.0 Å². The third-order valence-corrected chi connectivity index (χ3v) is 5.90. The summed E-state index contributed by atoms with van der Waals surface area (Å²) < 4.78 is 37.2. The molecule has 162 valence electrons. The van der Waals surface area contributed by atoms with E-state index in [1.165, 1.54) is 45.2 Å². The molecule has 0 radical (unpaired) electrons. The minimum absolute atomic E-state index is 0.0238. The number of anilines is 1. The van der Waals surface area contributed by atoms with Gasteiger partial charge in [-0.15, -0.1) is 0 Å². The zero-order chi connectivity index (χ0) is 22.3. The maximum Gasteiger partial charge on any atom is 0.324 e. The van der Waals surface area contributed by atoms with E-state index in [0.29, 0.717) is 11.4 Å². The van der Waals surface area contributed by atoms with Crippen molar-refractivity contribution in [3.63, 3.8) is 0 Å². The fourth-order valence-electron chi connectivity index (χ4n) is 2.50. The van der Waals surface area contributed by atoms with Crippen molar-refractivity contribution in [2.45, 2.75) is 44.2 Å². The molecule has 0 bridgehead atoms. The number of benzene rings is 2. The molecule has 0 aliphatic rings. The Morgan fingerprint density at radius 2 is 1.60 bits per heavy atom. The van der Waals surface area contributed by atoms with Gasteiger partial charge < -0.3 is 14.8 Å². The van der Waals surface area contributed by atoms with E-state index in [9.17, 15) is 18.0 Å². The van der Waals surface area contributed by atoms with Crippen molar-refractivity contribution in [1.82, 2.24) is 4.72 Å². The highest BCUT2D eigenvalue weighted by atomic mass is 32.2. The summed E-state index contributed by atoms with van der Waals surface area (Å²) >= 11 is 0. The molecule has 0 aromatic heterocycles. The molecule has 0 aliphatic carbocycles. The standard InChI is InChI=1S/C21H26N2O6S/c1-5-16-6-8-17(9-7-16)22-20(24)15(3)29-21(25)14(2)23-30(26,27)19-12-10-18(28-4)11-13-19/h6-15,23H,5H2,1-4H3,(H,22,24)/t14-,15?/m0/s1. The summed E-state index contributed by atoms with van der Waals surface area (Å²) in [6.45, 7) is 4.79. The Morgan fingerprint density at radius 3 is 2.13 bits per heavy atom. The molecule has 2 atom stereocenters. The highest BCUT2D eigenvalue weighted by molar-refractivity contribution is 7.89. The number of hydrogen-bond donors (Lipinski definition) is 2. The predicted molar refractivity (Wildman–Crippen MR) is 113 cm³/mol. The first kappa shape index (κ1) is 23.4. The number of esters is 1. The molecule has 0 fully saturated rings. The molecule has 0 spiro atoms. The summed E-state index contributed by atoms with van der Waals surface area (Å²) in [5.74, 6) is -0.876. The summed E-state index contributed by atoms with van der Waals surface area (Å²) in [5.41, 5.74) is 1.71. The van der Waals surface area contributed by atoms with Gasteiger partial charge in [-0.1, -0.05) is 19.1 Å². The fraction of sp³-hybridized carbons (Fsp3) is 0.333. The Kier molecular flexibility index (Phi) is 7.96. The average molecular weight is 435 g/mol. The Hall–Kier alpha value is -2.91.